The van der Waals surface area contributed by atoms with Crippen molar-refractivity contribution in [2.24, 2.45) is 23.2 Å². The molecule has 0 aliphatic heterocycles. The number of fused-ring (bicyclic) bond motifs is 5. The maximum atomic E-state index is 15.1. The average Bonchev–Trinajstić information content (AvgIpc) is 3.11. The van der Waals surface area contributed by atoms with E-state index in [1.54, 1.807) is 19.2 Å². The summed E-state index contributed by atoms with van der Waals surface area (Å²) in [5.41, 5.74) is 2.24. The van der Waals surface area contributed by atoms with Crippen LogP contribution in [0.5, 0.6) is 0 Å². The van der Waals surface area contributed by atoms with Crippen LogP contribution in [0, 0.1) is 23.2 Å². The van der Waals surface area contributed by atoms with E-state index in [0.717, 1.165) is 24.0 Å². The Morgan fingerprint density at radius 3 is 2.49 bits per heavy atom. The topological polar surface area (TPSA) is 66.8 Å². The molecule has 8 atom stereocenters. The molecular weight excluding hydrogens is 545 g/mol. The number of benzene rings is 1. The summed E-state index contributed by atoms with van der Waals surface area (Å²) in [6.07, 6.45) is -5.18. The van der Waals surface area contributed by atoms with Gasteiger partial charge in [0, 0.05) is 35.8 Å². The minimum absolute atomic E-state index is 0.0764. The molecule has 2 saturated carbocycles. The Morgan fingerprint density at radius 2 is 1.85 bits per heavy atom. The lowest BCUT2D eigenvalue weighted by Gasteiger charge is -2.53. The number of hydrogen-bond donors (Lipinski definition) is 2. The summed E-state index contributed by atoms with van der Waals surface area (Å²) < 4.78 is 96.7. The van der Waals surface area contributed by atoms with Gasteiger partial charge < -0.3 is 14.8 Å². The molecule has 0 spiro atoms. The third-order valence-electron chi connectivity index (χ3n) is 9.60. The maximum Gasteiger partial charge on any atom is 0.488 e. The van der Waals surface area contributed by atoms with Crippen LogP contribution in [0.3, 0.4) is 0 Å². The highest BCUT2D eigenvalue weighted by molar-refractivity contribution is 7.84. The SMILES string of the molecule is COC1C(F)C[C@H]2[C@@H]3[C@H](CCCS(=O)CCCC(F)(F)C(F)(F)F)Cc4cc(B(O)O)ccc4[C@H]3CC[C@]12C. The Hall–Kier alpha value is -1.11. The molecule has 3 aliphatic carbocycles. The molecule has 3 aliphatic rings. The predicted molar refractivity (Wildman–Crippen MR) is 138 cm³/mol. The molecule has 0 bridgehead atoms. The van der Waals surface area contributed by atoms with Crippen LogP contribution in [-0.2, 0) is 22.0 Å². The van der Waals surface area contributed by atoms with Crippen molar-refractivity contribution in [1.29, 1.82) is 0 Å². The highest BCUT2D eigenvalue weighted by Gasteiger charge is 2.61. The zero-order valence-corrected chi connectivity index (χ0v) is 23.0. The second kappa shape index (κ2) is 11.6. The predicted octanol–water partition coefficient (Wildman–Crippen LogP) is 4.92. The van der Waals surface area contributed by atoms with Crippen LogP contribution in [0.2, 0.25) is 0 Å². The number of ether oxygens (including phenoxy) is 1. The Morgan fingerprint density at radius 1 is 1.15 bits per heavy atom. The molecule has 1 aromatic carbocycles. The summed E-state index contributed by atoms with van der Waals surface area (Å²) in [6, 6.07) is 5.47. The van der Waals surface area contributed by atoms with Crippen LogP contribution in [0.25, 0.3) is 0 Å². The first-order valence-electron chi connectivity index (χ1n) is 13.6. The minimum atomic E-state index is -5.61. The second-order valence-electron chi connectivity index (χ2n) is 11.8. The minimum Gasteiger partial charge on any atom is -0.423 e. The van der Waals surface area contributed by atoms with Crippen LogP contribution in [0.1, 0.15) is 68.9 Å². The summed E-state index contributed by atoms with van der Waals surface area (Å²) in [5.74, 6) is -4.31. The third-order valence-corrected chi connectivity index (χ3v) is 11.1. The van der Waals surface area contributed by atoms with Crippen LogP contribution < -0.4 is 5.46 Å². The van der Waals surface area contributed by atoms with Gasteiger partial charge in [0.1, 0.15) is 6.17 Å². The number of alkyl halides is 6. The summed E-state index contributed by atoms with van der Waals surface area (Å²) in [7, 11) is -1.58. The summed E-state index contributed by atoms with van der Waals surface area (Å²) in [6.45, 7) is 2.10. The van der Waals surface area contributed by atoms with Crippen molar-refractivity contribution >= 4 is 23.4 Å². The van der Waals surface area contributed by atoms with Gasteiger partial charge in [0.25, 0.3) is 0 Å². The maximum absolute atomic E-state index is 15.1. The van der Waals surface area contributed by atoms with E-state index in [2.05, 4.69) is 6.92 Å². The van der Waals surface area contributed by atoms with Crippen molar-refractivity contribution in [1.82, 2.24) is 0 Å². The molecule has 0 radical (unpaired) electrons. The zero-order chi connectivity index (χ0) is 28.8. The van der Waals surface area contributed by atoms with E-state index >= 15 is 4.39 Å². The van der Waals surface area contributed by atoms with Gasteiger partial charge in [-0.1, -0.05) is 25.1 Å². The fourth-order valence-corrected chi connectivity index (χ4v) is 8.96. The van der Waals surface area contributed by atoms with Crippen molar-refractivity contribution < 1.29 is 45.3 Å². The molecule has 39 heavy (non-hydrogen) atoms. The van der Waals surface area contributed by atoms with Crippen molar-refractivity contribution in [2.75, 3.05) is 18.6 Å². The fourth-order valence-electron chi connectivity index (χ4n) is 7.80. The van der Waals surface area contributed by atoms with E-state index in [-0.39, 0.29) is 40.6 Å². The molecule has 12 heteroatoms. The lowest BCUT2D eigenvalue weighted by molar-refractivity contribution is -0.284. The van der Waals surface area contributed by atoms with Crippen molar-refractivity contribution in [3.8, 4) is 0 Å². The number of rotatable bonds is 10. The standard InChI is InChI=1S/C27H37BF6O4S/c1-25-10-8-20-19-7-6-18(28(35)36)14-17(19)13-16(23(20)21(25)15-22(29)24(25)38-2)5-3-11-39(37)12-4-9-26(30,31)27(32,33)34/h6-7,14,16,20-24,35-36H,3-5,8-13,15H2,1-2H3/t16-,20-,21+,22?,23-,24?,25+,39?/m1/s1. The molecule has 0 amide bonds. The van der Waals surface area contributed by atoms with Crippen LogP contribution in [-0.4, -0.2) is 64.4 Å². The molecule has 4 nitrogen and oxygen atoms in total. The monoisotopic (exact) mass is 582 g/mol. The van der Waals surface area contributed by atoms with E-state index < -0.39 is 55.1 Å². The Bertz CT molecular complexity index is 1040. The molecule has 4 rings (SSSR count). The van der Waals surface area contributed by atoms with E-state index in [1.807, 2.05) is 6.07 Å². The van der Waals surface area contributed by atoms with Gasteiger partial charge in [0.2, 0.25) is 0 Å². The first-order chi connectivity index (χ1) is 18.2. The van der Waals surface area contributed by atoms with E-state index in [4.69, 9.17) is 4.74 Å². The molecule has 0 aromatic heterocycles. The van der Waals surface area contributed by atoms with E-state index in [1.165, 1.54) is 0 Å². The zero-order valence-electron chi connectivity index (χ0n) is 22.2. The van der Waals surface area contributed by atoms with Crippen LogP contribution >= 0.6 is 0 Å². The second-order valence-corrected chi connectivity index (χ2v) is 13.5. The van der Waals surface area contributed by atoms with Gasteiger partial charge in [0.05, 0.1) is 6.10 Å². The number of halogens is 6. The van der Waals surface area contributed by atoms with Gasteiger partial charge in [-0.2, -0.15) is 22.0 Å². The quantitative estimate of drug-likeness (QED) is 0.304. The normalized spacial score (nSPS) is 33.3. The van der Waals surface area contributed by atoms with Gasteiger partial charge in [-0.05, 0) is 90.6 Å². The summed E-state index contributed by atoms with van der Waals surface area (Å²) in [5, 5.41) is 19.4. The first kappa shape index (κ1) is 30.8. The van der Waals surface area contributed by atoms with Crippen molar-refractivity contribution in [3.05, 3.63) is 29.3 Å². The molecule has 220 valence electrons. The highest BCUT2D eigenvalue weighted by atomic mass is 32.2. The smallest absolute Gasteiger partial charge is 0.423 e. The molecule has 3 unspecified atom stereocenters. The van der Waals surface area contributed by atoms with Gasteiger partial charge in [-0.25, -0.2) is 4.39 Å². The van der Waals surface area contributed by atoms with Gasteiger partial charge >= 0.3 is 19.2 Å². The summed E-state index contributed by atoms with van der Waals surface area (Å²) in [4.78, 5) is 0. The third kappa shape index (κ3) is 6.09. The molecule has 2 fully saturated rings. The van der Waals surface area contributed by atoms with Crippen molar-refractivity contribution in [3.63, 3.8) is 0 Å². The highest BCUT2D eigenvalue weighted by Crippen LogP contribution is 2.63. The average molecular weight is 582 g/mol. The van der Waals surface area contributed by atoms with Crippen LogP contribution in [0.15, 0.2) is 18.2 Å². The summed E-state index contributed by atoms with van der Waals surface area (Å²) >= 11 is 0. The molecule has 2 N–H and O–H groups in total. The van der Waals surface area contributed by atoms with Gasteiger partial charge in [-0.15, -0.1) is 0 Å². The molecule has 1 aromatic rings. The van der Waals surface area contributed by atoms with Crippen LogP contribution in [0.4, 0.5) is 26.3 Å². The largest absolute Gasteiger partial charge is 0.488 e. The van der Waals surface area contributed by atoms with Gasteiger partial charge in [-0.3, -0.25) is 4.21 Å². The lowest BCUT2D eigenvalue weighted by Crippen LogP contribution is -2.48. The Kier molecular flexibility index (Phi) is 9.21. The number of methoxy groups -OCH3 is 1. The number of hydrogen-bond acceptors (Lipinski definition) is 4. The molecule has 0 saturated heterocycles. The first-order valence-corrected chi connectivity index (χ1v) is 15.1. The Labute approximate surface area is 228 Å². The van der Waals surface area contributed by atoms with E-state index in [0.29, 0.717) is 31.1 Å². The fraction of sp³-hybridized carbons (Fsp3) is 0.778. The molecular formula is C27H37BF6O4S. The van der Waals surface area contributed by atoms with Gasteiger partial charge in [0.15, 0.2) is 0 Å². The lowest BCUT2D eigenvalue weighted by atomic mass is 9.52. The van der Waals surface area contributed by atoms with Crippen molar-refractivity contribution in [2.45, 2.75) is 88.6 Å². The Balaban J connectivity index is 1.47. The van der Waals surface area contributed by atoms with E-state index in [9.17, 15) is 36.2 Å². The molecule has 0 heterocycles.